The van der Waals surface area contributed by atoms with Crippen LogP contribution in [0.4, 0.5) is 0 Å². The van der Waals surface area contributed by atoms with Gasteiger partial charge in [0.2, 0.25) is 10.0 Å². The van der Waals surface area contributed by atoms with E-state index in [-0.39, 0.29) is 10.8 Å². The third-order valence-corrected chi connectivity index (χ3v) is 5.44. The minimum absolute atomic E-state index is 0.126. The van der Waals surface area contributed by atoms with Crippen molar-refractivity contribution in [3.8, 4) is 0 Å². The van der Waals surface area contributed by atoms with Gasteiger partial charge in [-0.2, -0.15) is 0 Å². The van der Waals surface area contributed by atoms with Crippen LogP contribution < -0.4 is 10.0 Å². The summed E-state index contributed by atoms with van der Waals surface area (Å²) in [5.74, 6) is 0.657. The first-order valence-electron chi connectivity index (χ1n) is 8.25. The maximum atomic E-state index is 12.1. The zero-order valence-corrected chi connectivity index (χ0v) is 15.1. The van der Waals surface area contributed by atoms with Crippen LogP contribution in [0.1, 0.15) is 22.6 Å². The molecule has 0 aliphatic carbocycles. The maximum absolute atomic E-state index is 12.1. The Labute approximate surface area is 151 Å². The molecule has 7 nitrogen and oxygen atoms in total. The highest BCUT2D eigenvalue weighted by atomic mass is 32.2. The van der Waals surface area contributed by atoms with Crippen LogP contribution in [0.15, 0.2) is 53.4 Å². The number of imidazole rings is 1. The van der Waals surface area contributed by atoms with Gasteiger partial charge >= 0.3 is 0 Å². The van der Waals surface area contributed by atoms with Gasteiger partial charge in [0, 0.05) is 18.5 Å². The van der Waals surface area contributed by atoms with Crippen molar-refractivity contribution in [2.24, 2.45) is 0 Å². The highest BCUT2D eigenvalue weighted by molar-refractivity contribution is 7.89. The van der Waals surface area contributed by atoms with Crippen LogP contribution in [0.25, 0.3) is 11.0 Å². The van der Waals surface area contributed by atoms with Crippen molar-refractivity contribution in [3.63, 3.8) is 0 Å². The molecule has 0 fully saturated rings. The summed E-state index contributed by atoms with van der Waals surface area (Å²) >= 11 is 0. The van der Waals surface area contributed by atoms with E-state index < -0.39 is 10.0 Å². The molecule has 0 aliphatic rings. The molecule has 1 amide bonds. The van der Waals surface area contributed by atoms with Crippen molar-refractivity contribution >= 4 is 27.0 Å². The second-order valence-electron chi connectivity index (χ2n) is 5.79. The minimum atomic E-state index is -3.50. The Morgan fingerprint density at radius 3 is 2.54 bits per heavy atom. The first-order chi connectivity index (χ1) is 12.5. The number of rotatable bonds is 7. The van der Waals surface area contributed by atoms with Crippen molar-refractivity contribution in [3.05, 3.63) is 59.9 Å². The van der Waals surface area contributed by atoms with Gasteiger partial charge in [-0.1, -0.05) is 12.1 Å². The molecule has 3 N–H and O–H groups in total. The molecule has 0 unspecified atom stereocenters. The highest BCUT2D eigenvalue weighted by Gasteiger charge is 2.12. The number of carbonyl (C=O) groups excluding carboxylic acids is 1. The van der Waals surface area contributed by atoms with Gasteiger partial charge in [0.05, 0.1) is 15.9 Å². The minimum Gasteiger partial charge on any atom is -0.352 e. The Morgan fingerprint density at radius 2 is 1.85 bits per heavy atom. The molecule has 3 rings (SSSR count). The molecule has 0 atom stereocenters. The molecule has 0 aliphatic heterocycles. The largest absolute Gasteiger partial charge is 0.352 e. The first kappa shape index (κ1) is 18.1. The average molecular weight is 372 g/mol. The Balaban J connectivity index is 1.51. The fraction of sp³-hybridized carbons (Fsp3) is 0.222. The summed E-state index contributed by atoms with van der Waals surface area (Å²) in [6, 6.07) is 13.7. The van der Waals surface area contributed by atoms with Crippen molar-refractivity contribution in [1.29, 1.82) is 0 Å². The number of benzene rings is 2. The SMILES string of the molecule is CNS(=O)(=O)c1ccc(C(=O)NCCCc2nc3ccccc3[nH]2)cc1. The lowest BCUT2D eigenvalue weighted by atomic mass is 10.2. The number of nitrogens with one attached hydrogen (secondary N) is 3. The lowest BCUT2D eigenvalue weighted by Gasteiger charge is -2.06. The van der Waals surface area contributed by atoms with Gasteiger partial charge in [0.25, 0.3) is 5.91 Å². The molecule has 1 heterocycles. The molecule has 8 heteroatoms. The molecule has 0 saturated heterocycles. The van der Waals surface area contributed by atoms with Gasteiger partial charge < -0.3 is 10.3 Å². The maximum Gasteiger partial charge on any atom is 0.251 e. The third-order valence-electron chi connectivity index (χ3n) is 4.01. The standard InChI is InChI=1S/C18H20N4O3S/c1-19-26(24,25)14-10-8-13(9-11-14)18(23)20-12-4-7-17-21-15-5-2-3-6-16(15)22-17/h2-3,5-6,8-11,19H,4,7,12H2,1H3,(H,20,23)(H,21,22). The van der Waals surface area contributed by atoms with E-state index in [0.29, 0.717) is 12.1 Å². The summed E-state index contributed by atoms with van der Waals surface area (Å²) in [5, 5.41) is 2.83. The number of para-hydroxylation sites is 2. The summed E-state index contributed by atoms with van der Waals surface area (Å²) in [6.45, 7) is 0.506. The van der Waals surface area contributed by atoms with Gasteiger partial charge in [-0.15, -0.1) is 0 Å². The number of hydrogen-bond donors (Lipinski definition) is 3. The predicted molar refractivity (Wildman–Crippen MR) is 99.4 cm³/mol. The zero-order chi connectivity index (χ0) is 18.6. The smallest absolute Gasteiger partial charge is 0.251 e. The lowest BCUT2D eigenvalue weighted by Crippen LogP contribution is -2.25. The van der Waals surface area contributed by atoms with E-state index in [1.807, 2.05) is 24.3 Å². The quantitative estimate of drug-likeness (QED) is 0.550. The zero-order valence-electron chi connectivity index (χ0n) is 14.3. The Bertz CT molecular complexity index is 977. The molecule has 0 spiro atoms. The second kappa shape index (κ2) is 7.67. The van der Waals surface area contributed by atoms with Crippen molar-refractivity contribution < 1.29 is 13.2 Å². The number of aryl methyl sites for hydroxylation is 1. The number of aromatic nitrogens is 2. The van der Waals surface area contributed by atoms with Crippen LogP contribution in [0.2, 0.25) is 0 Å². The summed E-state index contributed by atoms with van der Waals surface area (Å²) in [4.78, 5) is 20.0. The summed E-state index contributed by atoms with van der Waals surface area (Å²) in [6.07, 6.45) is 1.48. The van der Waals surface area contributed by atoms with E-state index in [4.69, 9.17) is 0 Å². The molecular weight excluding hydrogens is 352 g/mol. The number of fused-ring (bicyclic) bond motifs is 1. The molecule has 3 aromatic rings. The number of hydrogen-bond acceptors (Lipinski definition) is 4. The fourth-order valence-electron chi connectivity index (χ4n) is 2.59. The molecule has 2 aromatic carbocycles. The number of aromatic amines is 1. The fourth-order valence-corrected chi connectivity index (χ4v) is 3.32. The second-order valence-corrected chi connectivity index (χ2v) is 7.68. The van der Waals surface area contributed by atoms with E-state index in [2.05, 4.69) is 20.0 Å². The van der Waals surface area contributed by atoms with E-state index in [1.165, 1.54) is 31.3 Å². The molecule has 136 valence electrons. The first-order valence-corrected chi connectivity index (χ1v) is 9.73. The number of carbonyl (C=O) groups is 1. The van der Waals surface area contributed by atoms with Crippen LogP contribution in [0.5, 0.6) is 0 Å². The van der Waals surface area contributed by atoms with Gasteiger partial charge in [0.1, 0.15) is 5.82 Å². The third kappa shape index (κ3) is 4.09. The van der Waals surface area contributed by atoms with Crippen molar-refractivity contribution in [2.75, 3.05) is 13.6 Å². The molecular formula is C18H20N4O3S. The number of H-pyrrole nitrogens is 1. The van der Waals surface area contributed by atoms with Gasteiger partial charge in [-0.25, -0.2) is 18.1 Å². The monoisotopic (exact) mass is 372 g/mol. The van der Waals surface area contributed by atoms with Gasteiger partial charge in [0.15, 0.2) is 0 Å². The Hall–Kier alpha value is -2.71. The summed E-state index contributed by atoms with van der Waals surface area (Å²) in [7, 11) is -2.15. The molecule has 0 saturated carbocycles. The Morgan fingerprint density at radius 1 is 1.12 bits per heavy atom. The lowest BCUT2D eigenvalue weighted by molar-refractivity contribution is 0.0953. The average Bonchev–Trinajstić information content (AvgIpc) is 3.08. The molecule has 0 bridgehead atoms. The normalized spacial score (nSPS) is 11.6. The summed E-state index contributed by atoms with van der Waals surface area (Å²) < 4.78 is 25.6. The van der Waals surface area contributed by atoms with E-state index in [9.17, 15) is 13.2 Å². The topological polar surface area (TPSA) is 104 Å². The summed E-state index contributed by atoms with van der Waals surface area (Å²) in [5.41, 5.74) is 2.36. The molecule has 1 aromatic heterocycles. The van der Waals surface area contributed by atoms with E-state index >= 15 is 0 Å². The predicted octanol–water partition coefficient (Wildman–Crippen LogP) is 1.83. The van der Waals surface area contributed by atoms with Crippen LogP contribution in [0.3, 0.4) is 0 Å². The highest BCUT2D eigenvalue weighted by Crippen LogP contribution is 2.12. The van der Waals surface area contributed by atoms with Gasteiger partial charge in [-0.05, 0) is 49.9 Å². The number of nitrogens with zero attached hydrogens (tertiary/aromatic N) is 1. The van der Waals surface area contributed by atoms with Crippen LogP contribution >= 0.6 is 0 Å². The van der Waals surface area contributed by atoms with Crippen LogP contribution in [-0.2, 0) is 16.4 Å². The Kier molecular flexibility index (Phi) is 5.34. The number of sulfonamides is 1. The van der Waals surface area contributed by atoms with E-state index in [0.717, 1.165) is 29.7 Å². The molecule has 26 heavy (non-hydrogen) atoms. The number of amides is 1. The van der Waals surface area contributed by atoms with Crippen LogP contribution in [-0.4, -0.2) is 37.9 Å². The van der Waals surface area contributed by atoms with E-state index in [1.54, 1.807) is 0 Å². The molecule has 0 radical (unpaired) electrons. The van der Waals surface area contributed by atoms with Crippen molar-refractivity contribution in [2.45, 2.75) is 17.7 Å². The van der Waals surface area contributed by atoms with Gasteiger partial charge in [-0.3, -0.25) is 4.79 Å². The van der Waals surface area contributed by atoms with Crippen LogP contribution in [0, 0.1) is 0 Å². The van der Waals surface area contributed by atoms with Crippen molar-refractivity contribution in [1.82, 2.24) is 20.0 Å².